The lowest BCUT2D eigenvalue weighted by molar-refractivity contribution is -0.159. The Balaban J connectivity index is 5.28. The molecule has 0 aromatic rings. The number of carboxylic acids is 1. The molecule has 0 fully saturated rings. The van der Waals surface area contributed by atoms with Crippen molar-refractivity contribution >= 4 is 5.97 Å². The van der Waals surface area contributed by atoms with Crippen LogP contribution in [0.25, 0.3) is 0 Å². The van der Waals surface area contributed by atoms with Crippen molar-refractivity contribution in [2.24, 2.45) is 17.1 Å². The summed E-state index contributed by atoms with van der Waals surface area (Å²) in [6.45, 7) is 8.44. The molecule has 0 aliphatic carbocycles. The van der Waals surface area contributed by atoms with Crippen LogP contribution in [0.5, 0.6) is 0 Å². The van der Waals surface area contributed by atoms with Gasteiger partial charge >= 0.3 is 5.97 Å². The number of nitrogens with two attached hydrogens (primary N) is 1. The summed E-state index contributed by atoms with van der Waals surface area (Å²) in [6, 6.07) is 0. The standard InChI is InChI=1S/C12H26N2O2/c1-9(7-8-13)11(2,3)12(4,10(15)16)14(5)6/h9H,7-8,13H2,1-6H3,(H,15,16)/t9?,12-/m1/s1. The van der Waals surface area contributed by atoms with E-state index in [1.165, 1.54) is 0 Å². The molecule has 0 radical (unpaired) electrons. The van der Waals surface area contributed by atoms with Gasteiger partial charge < -0.3 is 10.8 Å². The van der Waals surface area contributed by atoms with Crippen molar-refractivity contribution in [1.82, 2.24) is 4.90 Å². The fourth-order valence-corrected chi connectivity index (χ4v) is 2.13. The van der Waals surface area contributed by atoms with Crippen LogP contribution in [-0.4, -0.2) is 42.2 Å². The van der Waals surface area contributed by atoms with E-state index in [4.69, 9.17) is 5.73 Å². The van der Waals surface area contributed by atoms with Crippen LogP contribution >= 0.6 is 0 Å². The van der Waals surface area contributed by atoms with E-state index in [0.29, 0.717) is 6.54 Å². The zero-order valence-corrected chi connectivity index (χ0v) is 11.4. The van der Waals surface area contributed by atoms with Crippen molar-refractivity contribution in [3.63, 3.8) is 0 Å². The van der Waals surface area contributed by atoms with Crippen molar-refractivity contribution in [2.75, 3.05) is 20.6 Å². The molecule has 3 N–H and O–H groups in total. The minimum absolute atomic E-state index is 0.251. The number of carbonyl (C=O) groups is 1. The van der Waals surface area contributed by atoms with E-state index in [0.717, 1.165) is 6.42 Å². The van der Waals surface area contributed by atoms with Crippen LogP contribution in [0, 0.1) is 11.3 Å². The lowest BCUT2D eigenvalue weighted by Gasteiger charge is -2.48. The van der Waals surface area contributed by atoms with E-state index in [-0.39, 0.29) is 11.3 Å². The highest BCUT2D eigenvalue weighted by molar-refractivity contribution is 5.79. The second-order valence-corrected chi connectivity index (χ2v) is 5.47. The second-order valence-electron chi connectivity index (χ2n) is 5.47. The number of carboxylic acid groups (broad SMARTS) is 1. The number of rotatable bonds is 6. The molecule has 1 unspecified atom stereocenters. The van der Waals surface area contributed by atoms with E-state index in [9.17, 15) is 9.90 Å². The molecule has 0 amide bonds. The first-order valence-corrected chi connectivity index (χ1v) is 5.73. The molecule has 96 valence electrons. The molecule has 0 aliphatic heterocycles. The smallest absolute Gasteiger partial charge is 0.324 e. The van der Waals surface area contributed by atoms with Gasteiger partial charge in [-0.1, -0.05) is 20.8 Å². The van der Waals surface area contributed by atoms with E-state index in [2.05, 4.69) is 6.92 Å². The number of hydrogen-bond acceptors (Lipinski definition) is 3. The van der Waals surface area contributed by atoms with Crippen LogP contribution < -0.4 is 5.73 Å². The predicted molar refractivity (Wildman–Crippen MR) is 66.3 cm³/mol. The fourth-order valence-electron chi connectivity index (χ4n) is 2.13. The Hall–Kier alpha value is -0.610. The highest BCUT2D eigenvalue weighted by atomic mass is 16.4. The Kier molecular flexibility index (Phi) is 4.95. The molecule has 4 heteroatoms. The summed E-state index contributed by atoms with van der Waals surface area (Å²) in [7, 11) is 3.62. The number of hydrogen-bond donors (Lipinski definition) is 2. The zero-order valence-electron chi connectivity index (χ0n) is 11.4. The maximum atomic E-state index is 11.5. The van der Waals surface area contributed by atoms with Crippen molar-refractivity contribution < 1.29 is 9.90 Å². The number of likely N-dealkylation sites (N-methyl/N-ethyl adjacent to an activating group) is 1. The first-order valence-electron chi connectivity index (χ1n) is 5.73. The minimum Gasteiger partial charge on any atom is -0.480 e. The summed E-state index contributed by atoms with van der Waals surface area (Å²) in [5.74, 6) is -0.535. The zero-order chi connectivity index (χ0) is 13.1. The van der Waals surface area contributed by atoms with Gasteiger partial charge in [0.05, 0.1) is 0 Å². The predicted octanol–water partition coefficient (Wildman–Crippen LogP) is 1.40. The van der Waals surface area contributed by atoms with Gasteiger partial charge in [0.25, 0.3) is 0 Å². The van der Waals surface area contributed by atoms with Gasteiger partial charge in [-0.25, -0.2) is 0 Å². The van der Waals surface area contributed by atoms with Gasteiger partial charge in [-0.3, -0.25) is 9.69 Å². The molecular weight excluding hydrogens is 204 g/mol. The molecule has 0 spiro atoms. The Morgan fingerprint density at radius 3 is 2.06 bits per heavy atom. The van der Waals surface area contributed by atoms with E-state index in [1.54, 1.807) is 11.8 Å². The molecule has 4 nitrogen and oxygen atoms in total. The number of nitrogens with zero attached hydrogens (tertiary/aromatic N) is 1. The lowest BCUT2D eigenvalue weighted by atomic mass is 9.64. The quantitative estimate of drug-likeness (QED) is 0.724. The topological polar surface area (TPSA) is 66.6 Å². The Labute approximate surface area is 98.8 Å². The van der Waals surface area contributed by atoms with Crippen molar-refractivity contribution in [3.8, 4) is 0 Å². The highest BCUT2D eigenvalue weighted by Crippen LogP contribution is 2.42. The van der Waals surface area contributed by atoms with Crippen molar-refractivity contribution in [3.05, 3.63) is 0 Å². The summed E-state index contributed by atoms with van der Waals surface area (Å²) in [6.07, 6.45) is 0.837. The summed E-state index contributed by atoms with van der Waals surface area (Å²) in [4.78, 5) is 13.3. The summed E-state index contributed by atoms with van der Waals surface area (Å²) in [5, 5.41) is 9.48. The summed E-state index contributed by atoms with van der Waals surface area (Å²) >= 11 is 0. The van der Waals surface area contributed by atoms with Crippen LogP contribution in [0.1, 0.15) is 34.1 Å². The van der Waals surface area contributed by atoms with Crippen molar-refractivity contribution in [2.45, 2.75) is 39.7 Å². The van der Waals surface area contributed by atoms with Crippen LogP contribution in [0.3, 0.4) is 0 Å². The average molecular weight is 230 g/mol. The third-order valence-electron chi connectivity index (χ3n) is 4.40. The van der Waals surface area contributed by atoms with E-state index >= 15 is 0 Å². The van der Waals surface area contributed by atoms with Gasteiger partial charge in [-0.2, -0.15) is 0 Å². The van der Waals surface area contributed by atoms with Gasteiger partial charge in [0.2, 0.25) is 0 Å². The molecule has 0 saturated carbocycles. The second kappa shape index (κ2) is 5.15. The average Bonchev–Trinajstić information content (AvgIpc) is 2.15. The van der Waals surface area contributed by atoms with Gasteiger partial charge in [0, 0.05) is 0 Å². The van der Waals surface area contributed by atoms with Gasteiger partial charge in [-0.05, 0) is 45.3 Å². The molecule has 16 heavy (non-hydrogen) atoms. The fraction of sp³-hybridized carbons (Fsp3) is 0.917. The Morgan fingerprint density at radius 2 is 1.81 bits per heavy atom. The molecule has 0 saturated heterocycles. The van der Waals surface area contributed by atoms with E-state index < -0.39 is 11.5 Å². The largest absolute Gasteiger partial charge is 0.480 e. The Morgan fingerprint density at radius 1 is 1.38 bits per heavy atom. The van der Waals surface area contributed by atoms with Gasteiger partial charge in [-0.15, -0.1) is 0 Å². The Bertz CT molecular complexity index is 251. The molecule has 0 bridgehead atoms. The first-order chi connectivity index (χ1) is 7.12. The SMILES string of the molecule is CC(CCN)C(C)(C)[C@@](C)(C(=O)O)N(C)C. The first kappa shape index (κ1) is 15.4. The molecule has 0 aromatic carbocycles. The summed E-state index contributed by atoms with van der Waals surface area (Å²) in [5.41, 5.74) is 4.33. The van der Waals surface area contributed by atoms with Gasteiger partial charge in [0.15, 0.2) is 0 Å². The van der Waals surface area contributed by atoms with E-state index in [1.807, 2.05) is 27.9 Å². The van der Waals surface area contributed by atoms with Crippen LogP contribution in [0.15, 0.2) is 0 Å². The lowest BCUT2D eigenvalue weighted by Crippen LogP contribution is -2.60. The number of aliphatic carboxylic acids is 1. The third-order valence-corrected chi connectivity index (χ3v) is 4.40. The molecule has 0 aliphatic rings. The van der Waals surface area contributed by atoms with Crippen LogP contribution in [0.4, 0.5) is 0 Å². The monoisotopic (exact) mass is 230 g/mol. The molecule has 0 heterocycles. The molecular formula is C12H26N2O2. The maximum absolute atomic E-state index is 11.5. The van der Waals surface area contributed by atoms with Gasteiger partial charge in [0.1, 0.15) is 5.54 Å². The highest BCUT2D eigenvalue weighted by Gasteiger charge is 2.51. The van der Waals surface area contributed by atoms with Crippen LogP contribution in [-0.2, 0) is 4.79 Å². The third kappa shape index (κ3) is 2.38. The van der Waals surface area contributed by atoms with Crippen molar-refractivity contribution in [1.29, 1.82) is 0 Å². The maximum Gasteiger partial charge on any atom is 0.324 e. The van der Waals surface area contributed by atoms with Crippen LogP contribution in [0.2, 0.25) is 0 Å². The minimum atomic E-state index is -0.887. The summed E-state index contributed by atoms with van der Waals surface area (Å²) < 4.78 is 0. The molecule has 2 atom stereocenters. The molecule has 0 rings (SSSR count). The molecule has 0 aromatic heterocycles. The normalized spacial score (nSPS) is 18.2.